The van der Waals surface area contributed by atoms with E-state index in [4.69, 9.17) is 15.2 Å². The number of hydrogen-bond acceptors (Lipinski definition) is 5. The molecule has 25 heavy (non-hydrogen) atoms. The van der Waals surface area contributed by atoms with Crippen molar-refractivity contribution in [3.8, 4) is 0 Å². The number of benzene rings is 1. The summed E-state index contributed by atoms with van der Waals surface area (Å²) in [6, 6.07) is 10.6. The van der Waals surface area contributed by atoms with Crippen molar-refractivity contribution >= 4 is 6.09 Å². The molecule has 0 spiro atoms. The van der Waals surface area contributed by atoms with Gasteiger partial charge in [-0.25, -0.2) is 4.79 Å². The normalized spacial score (nSPS) is 27.1. The molecule has 1 amide bonds. The van der Waals surface area contributed by atoms with E-state index >= 15 is 0 Å². The van der Waals surface area contributed by atoms with Gasteiger partial charge in [0.1, 0.15) is 6.61 Å². The van der Waals surface area contributed by atoms with E-state index in [1.165, 1.54) is 0 Å². The first-order valence-corrected chi connectivity index (χ1v) is 9.27. The van der Waals surface area contributed by atoms with E-state index in [-0.39, 0.29) is 12.2 Å². The molecule has 3 rings (SSSR count). The van der Waals surface area contributed by atoms with E-state index in [0.29, 0.717) is 38.4 Å². The molecule has 1 saturated heterocycles. The molecule has 1 aliphatic heterocycles. The number of carbonyl (C=O) groups excluding carboxylic acids is 1. The number of ether oxygens (including phenoxy) is 2. The molecule has 1 saturated carbocycles. The largest absolute Gasteiger partial charge is 0.445 e. The average molecular weight is 347 g/mol. The highest BCUT2D eigenvalue weighted by Gasteiger charge is 2.26. The zero-order valence-electron chi connectivity index (χ0n) is 14.7. The molecule has 3 N–H and O–H groups in total. The van der Waals surface area contributed by atoms with Gasteiger partial charge < -0.3 is 25.4 Å². The van der Waals surface area contributed by atoms with Crippen molar-refractivity contribution in [2.24, 2.45) is 5.73 Å². The predicted octanol–water partition coefficient (Wildman–Crippen LogP) is 1.88. The third-order valence-electron chi connectivity index (χ3n) is 5.01. The van der Waals surface area contributed by atoms with Gasteiger partial charge in [0.25, 0.3) is 0 Å². The zero-order chi connectivity index (χ0) is 17.5. The minimum Gasteiger partial charge on any atom is -0.445 e. The highest BCUT2D eigenvalue weighted by atomic mass is 16.6. The summed E-state index contributed by atoms with van der Waals surface area (Å²) in [5.41, 5.74) is 6.95. The van der Waals surface area contributed by atoms with Crippen molar-refractivity contribution in [1.82, 2.24) is 10.2 Å². The third kappa shape index (κ3) is 5.70. The Kier molecular flexibility index (Phi) is 6.67. The van der Waals surface area contributed by atoms with Crippen molar-refractivity contribution in [2.75, 3.05) is 26.2 Å². The first-order valence-electron chi connectivity index (χ1n) is 9.27. The summed E-state index contributed by atoms with van der Waals surface area (Å²) >= 11 is 0. The molecule has 2 fully saturated rings. The number of carbonyl (C=O) groups is 1. The number of nitrogens with two attached hydrogens (primary N) is 1. The lowest BCUT2D eigenvalue weighted by molar-refractivity contribution is -0.0284. The molecule has 0 aromatic heterocycles. The summed E-state index contributed by atoms with van der Waals surface area (Å²) in [5.74, 6) is 0. The van der Waals surface area contributed by atoms with Crippen LogP contribution in [0.15, 0.2) is 30.3 Å². The van der Waals surface area contributed by atoms with Gasteiger partial charge >= 0.3 is 6.09 Å². The van der Waals surface area contributed by atoms with E-state index in [1.807, 2.05) is 30.3 Å². The van der Waals surface area contributed by atoms with Gasteiger partial charge in [-0.3, -0.25) is 0 Å². The molecule has 2 aliphatic rings. The van der Waals surface area contributed by atoms with Crippen LogP contribution >= 0.6 is 0 Å². The van der Waals surface area contributed by atoms with Crippen LogP contribution in [0.4, 0.5) is 4.79 Å². The van der Waals surface area contributed by atoms with Crippen LogP contribution in [0.5, 0.6) is 0 Å². The summed E-state index contributed by atoms with van der Waals surface area (Å²) in [6.07, 6.45) is 4.17. The Bertz CT molecular complexity index is 532. The maximum atomic E-state index is 12.3. The van der Waals surface area contributed by atoms with Gasteiger partial charge in [-0.1, -0.05) is 30.3 Å². The van der Waals surface area contributed by atoms with Gasteiger partial charge in [0.15, 0.2) is 0 Å². The number of nitrogens with one attached hydrogen (secondary N) is 1. The van der Waals surface area contributed by atoms with Crippen LogP contribution in [0, 0.1) is 0 Å². The molecule has 0 bridgehead atoms. The van der Waals surface area contributed by atoms with E-state index < -0.39 is 0 Å². The van der Waals surface area contributed by atoms with Gasteiger partial charge in [-0.2, -0.15) is 0 Å². The fourth-order valence-corrected chi connectivity index (χ4v) is 3.44. The average Bonchev–Trinajstić information content (AvgIpc) is 2.67. The summed E-state index contributed by atoms with van der Waals surface area (Å²) in [5, 5.41) is 3.57. The number of nitrogens with zero attached hydrogens (tertiary/aromatic N) is 1. The fourth-order valence-electron chi connectivity index (χ4n) is 3.44. The molecule has 6 heteroatoms. The quantitative estimate of drug-likeness (QED) is 0.850. The Hall–Kier alpha value is -1.63. The molecule has 1 atom stereocenters. The Morgan fingerprint density at radius 3 is 2.76 bits per heavy atom. The first-order chi connectivity index (χ1) is 12.2. The third-order valence-corrected chi connectivity index (χ3v) is 5.01. The number of amides is 1. The topological polar surface area (TPSA) is 76.8 Å². The standard InChI is InChI=1S/C19H29N3O3/c20-16-6-8-17(9-7-16)21-12-18-13-22(10-11-24-18)19(23)25-14-15-4-2-1-3-5-15/h1-5,16-18,21H,6-14,20H2. The summed E-state index contributed by atoms with van der Waals surface area (Å²) in [4.78, 5) is 14.0. The number of morpholine rings is 1. The lowest BCUT2D eigenvalue weighted by Crippen LogP contribution is -2.50. The lowest BCUT2D eigenvalue weighted by Gasteiger charge is -2.34. The molecular formula is C19H29N3O3. The molecule has 1 aromatic rings. The van der Waals surface area contributed by atoms with Crippen molar-refractivity contribution in [1.29, 1.82) is 0 Å². The highest BCUT2D eigenvalue weighted by molar-refractivity contribution is 5.67. The zero-order valence-corrected chi connectivity index (χ0v) is 14.7. The van der Waals surface area contributed by atoms with Crippen LogP contribution in [-0.4, -0.2) is 55.4 Å². The van der Waals surface area contributed by atoms with Crippen molar-refractivity contribution in [2.45, 2.75) is 50.5 Å². The van der Waals surface area contributed by atoms with E-state index in [0.717, 1.165) is 37.8 Å². The Morgan fingerprint density at radius 2 is 2.00 bits per heavy atom. The molecule has 1 aliphatic carbocycles. The molecule has 6 nitrogen and oxygen atoms in total. The van der Waals surface area contributed by atoms with Crippen LogP contribution < -0.4 is 11.1 Å². The number of hydrogen-bond donors (Lipinski definition) is 2. The summed E-state index contributed by atoms with van der Waals surface area (Å²) < 4.78 is 11.2. The van der Waals surface area contributed by atoms with E-state index in [2.05, 4.69) is 5.32 Å². The second kappa shape index (κ2) is 9.17. The van der Waals surface area contributed by atoms with Gasteiger partial charge in [0, 0.05) is 25.2 Å². The Labute approximate surface area is 149 Å². The van der Waals surface area contributed by atoms with E-state index in [1.54, 1.807) is 4.90 Å². The molecule has 1 aromatic carbocycles. The number of rotatable bonds is 5. The predicted molar refractivity (Wildman–Crippen MR) is 96.2 cm³/mol. The highest BCUT2D eigenvalue weighted by Crippen LogP contribution is 2.17. The van der Waals surface area contributed by atoms with Gasteiger partial charge in [-0.05, 0) is 31.2 Å². The van der Waals surface area contributed by atoms with Crippen molar-refractivity contribution in [3.05, 3.63) is 35.9 Å². The van der Waals surface area contributed by atoms with Crippen LogP contribution in [0.25, 0.3) is 0 Å². The monoisotopic (exact) mass is 347 g/mol. The van der Waals surface area contributed by atoms with Gasteiger partial charge in [0.05, 0.1) is 19.3 Å². The van der Waals surface area contributed by atoms with Gasteiger partial charge in [-0.15, -0.1) is 0 Å². The minimum atomic E-state index is -0.263. The van der Waals surface area contributed by atoms with Gasteiger partial charge in [0.2, 0.25) is 0 Å². The van der Waals surface area contributed by atoms with Crippen LogP contribution in [0.1, 0.15) is 31.2 Å². The van der Waals surface area contributed by atoms with Crippen molar-refractivity contribution < 1.29 is 14.3 Å². The molecule has 0 radical (unpaired) electrons. The van der Waals surface area contributed by atoms with E-state index in [9.17, 15) is 4.79 Å². The van der Waals surface area contributed by atoms with Crippen LogP contribution in [0.2, 0.25) is 0 Å². The molecular weight excluding hydrogens is 318 g/mol. The maximum absolute atomic E-state index is 12.3. The maximum Gasteiger partial charge on any atom is 0.410 e. The SMILES string of the molecule is NC1CCC(NCC2CN(C(=O)OCc3ccccc3)CCO2)CC1. The summed E-state index contributed by atoms with van der Waals surface area (Å²) in [7, 11) is 0. The molecule has 1 heterocycles. The van der Waals surface area contributed by atoms with Crippen LogP contribution in [0.3, 0.4) is 0 Å². The lowest BCUT2D eigenvalue weighted by atomic mass is 9.92. The second-order valence-electron chi connectivity index (χ2n) is 7.00. The minimum absolute atomic E-state index is 0.0219. The van der Waals surface area contributed by atoms with Crippen molar-refractivity contribution in [3.63, 3.8) is 0 Å². The second-order valence-corrected chi connectivity index (χ2v) is 7.00. The summed E-state index contributed by atoms with van der Waals surface area (Å²) in [6.45, 7) is 2.79. The molecule has 1 unspecified atom stereocenters. The fraction of sp³-hybridized carbons (Fsp3) is 0.632. The first kappa shape index (κ1) is 18.2. The smallest absolute Gasteiger partial charge is 0.410 e. The Balaban J connectivity index is 1.39. The molecule has 138 valence electrons. The van der Waals surface area contributed by atoms with Crippen LogP contribution in [-0.2, 0) is 16.1 Å². The Morgan fingerprint density at radius 1 is 1.24 bits per heavy atom.